The number of aliphatic hydroxyl groups is 1. The maximum absolute atomic E-state index is 10.1. The quantitative estimate of drug-likeness (QED) is 0.249. The van der Waals surface area contributed by atoms with E-state index in [-0.39, 0.29) is 6.10 Å². The molecule has 4 aromatic carbocycles. The van der Waals surface area contributed by atoms with Crippen LogP contribution in [0.5, 0.6) is 0 Å². The van der Waals surface area contributed by atoms with E-state index in [4.69, 9.17) is 27.9 Å². The zero-order valence-electron chi connectivity index (χ0n) is 19.3. The summed E-state index contributed by atoms with van der Waals surface area (Å²) < 4.78 is 6.05. The Balaban J connectivity index is 0.000000192. The van der Waals surface area contributed by atoms with Crippen LogP contribution in [0.4, 0.5) is 0 Å². The molecule has 0 bridgehead atoms. The molecule has 0 aliphatic rings. The van der Waals surface area contributed by atoms with E-state index in [1.165, 1.54) is 11.1 Å². The minimum absolute atomic E-state index is 0.0546. The fourth-order valence-corrected chi connectivity index (χ4v) is 3.72. The molecule has 34 heavy (non-hydrogen) atoms. The topological polar surface area (TPSA) is 29.5 Å². The molecule has 0 fully saturated rings. The fraction of sp³-hybridized carbons (Fsp3) is 0.200. The Labute approximate surface area is 212 Å². The molecule has 0 aliphatic carbocycles. The van der Waals surface area contributed by atoms with Crippen LogP contribution in [0.1, 0.15) is 54.2 Å². The third kappa shape index (κ3) is 8.00. The van der Waals surface area contributed by atoms with Gasteiger partial charge in [-0.25, -0.2) is 0 Å². The van der Waals surface area contributed by atoms with Crippen molar-refractivity contribution in [1.82, 2.24) is 0 Å². The molecule has 176 valence electrons. The monoisotopic (exact) mass is 492 g/mol. The Morgan fingerprint density at radius 1 is 0.618 bits per heavy atom. The zero-order chi connectivity index (χ0) is 24.2. The van der Waals surface area contributed by atoms with Gasteiger partial charge in [0, 0.05) is 16.7 Å². The van der Waals surface area contributed by atoms with Gasteiger partial charge in [0.1, 0.15) is 12.2 Å². The van der Waals surface area contributed by atoms with Crippen molar-refractivity contribution in [3.8, 4) is 0 Å². The maximum atomic E-state index is 10.1. The van der Waals surface area contributed by atoms with Crippen molar-refractivity contribution < 1.29 is 9.84 Å². The van der Waals surface area contributed by atoms with Crippen LogP contribution in [0.3, 0.4) is 0 Å². The number of rotatable bonds is 8. The summed E-state index contributed by atoms with van der Waals surface area (Å²) in [5, 5.41) is 11.4. The second kappa shape index (κ2) is 13.9. The highest BCUT2D eigenvalue weighted by Crippen LogP contribution is 2.26. The largest absolute Gasteiger partial charge is 0.384 e. The number of benzene rings is 4. The third-order valence-corrected chi connectivity index (χ3v) is 5.86. The molecule has 1 N–H and O–H groups in total. The first kappa shape index (κ1) is 26.0. The molecule has 4 rings (SSSR count). The number of ether oxygens (including phenoxy) is 1. The van der Waals surface area contributed by atoms with Crippen molar-refractivity contribution >= 4 is 23.2 Å². The number of halogens is 2. The summed E-state index contributed by atoms with van der Waals surface area (Å²) in [7, 11) is 0. The lowest BCUT2D eigenvalue weighted by atomic mass is 10.0. The molecule has 0 heterocycles. The highest BCUT2D eigenvalue weighted by Gasteiger charge is 2.13. The summed E-state index contributed by atoms with van der Waals surface area (Å²) in [4.78, 5) is 0. The van der Waals surface area contributed by atoms with Crippen LogP contribution in [0.2, 0.25) is 10.0 Å². The minimum Gasteiger partial charge on any atom is -0.384 e. The number of hydrogen-bond donors (Lipinski definition) is 1. The Bertz CT molecular complexity index is 997. The van der Waals surface area contributed by atoms with E-state index in [0.717, 1.165) is 30.6 Å². The van der Waals surface area contributed by atoms with Crippen LogP contribution < -0.4 is 0 Å². The molecule has 0 amide bonds. The Hall–Kier alpha value is -2.62. The predicted molar refractivity (Wildman–Crippen MR) is 143 cm³/mol. The number of unbranched alkanes of at least 4 members (excludes halogenated alkanes) is 1. The van der Waals surface area contributed by atoms with Crippen LogP contribution in [0.25, 0.3) is 0 Å². The highest BCUT2D eigenvalue weighted by molar-refractivity contribution is 6.30. The van der Waals surface area contributed by atoms with Crippen LogP contribution in [0.15, 0.2) is 109 Å². The molecule has 0 spiro atoms. The van der Waals surface area contributed by atoms with Crippen LogP contribution in [-0.2, 0) is 4.74 Å². The molecule has 0 aromatic heterocycles. The van der Waals surface area contributed by atoms with Crippen molar-refractivity contribution in [2.24, 2.45) is 0 Å². The van der Waals surface area contributed by atoms with Crippen LogP contribution >= 0.6 is 23.2 Å². The first-order chi connectivity index (χ1) is 16.6. The van der Waals surface area contributed by atoms with Crippen molar-refractivity contribution in [1.29, 1.82) is 0 Å². The van der Waals surface area contributed by atoms with Crippen LogP contribution in [-0.4, -0.2) is 11.7 Å². The van der Waals surface area contributed by atoms with E-state index in [9.17, 15) is 5.11 Å². The van der Waals surface area contributed by atoms with Gasteiger partial charge in [-0.1, -0.05) is 121 Å². The van der Waals surface area contributed by atoms with E-state index < -0.39 is 6.10 Å². The average Bonchev–Trinajstić information content (AvgIpc) is 2.89. The predicted octanol–water partition coefficient (Wildman–Crippen LogP) is 8.67. The molecule has 4 aromatic rings. The second-order valence-corrected chi connectivity index (χ2v) is 8.80. The first-order valence-electron chi connectivity index (χ1n) is 11.5. The third-order valence-electron chi connectivity index (χ3n) is 5.36. The van der Waals surface area contributed by atoms with E-state index >= 15 is 0 Å². The Morgan fingerprint density at radius 3 is 1.41 bits per heavy atom. The normalized spacial score (nSPS) is 10.8. The van der Waals surface area contributed by atoms with Gasteiger partial charge in [0.25, 0.3) is 0 Å². The number of hydrogen-bond acceptors (Lipinski definition) is 2. The molecular formula is C30H30Cl2O2. The van der Waals surface area contributed by atoms with E-state index in [2.05, 4.69) is 55.5 Å². The number of aliphatic hydroxyl groups excluding tert-OH is 1. The summed E-state index contributed by atoms with van der Waals surface area (Å²) >= 11 is 11.6. The highest BCUT2D eigenvalue weighted by atomic mass is 35.5. The van der Waals surface area contributed by atoms with Gasteiger partial charge in [0.2, 0.25) is 0 Å². The van der Waals surface area contributed by atoms with Gasteiger partial charge < -0.3 is 9.84 Å². The van der Waals surface area contributed by atoms with Crippen molar-refractivity contribution in [2.45, 2.75) is 32.0 Å². The van der Waals surface area contributed by atoms with Gasteiger partial charge in [0.15, 0.2) is 0 Å². The molecule has 0 radical (unpaired) electrons. The average molecular weight is 493 g/mol. The summed E-state index contributed by atoms with van der Waals surface area (Å²) in [5.41, 5.74) is 4.07. The smallest absolute Gasteiger partial charge is 0.108 e. The summed E-state index contributed by atoms with van der Waals surface area (Å²) in [6.07, 6.45) is 1.68. The van der Waals surface area contributed by atoms with Crippen molar-refractivity contribution in [3.63, 3.8) is 0 Å². The molecule has 2 nitrogen and oxygen atoms in total. The lowest BCUT2D eigenvalue weighted by Gasteiger charge is -2.18. The van der Waals surface area contributed by atoms with Gasteiger partial charge in [0.05, 0.1) is 0 Å². The maximum Gasteiger partial charge on any atom is 0.108 e. The van der Waals surface area contributed by atoms with Crippen molar-refractivity contribution in [3.05, 3.63) is 141 Å². The fourth-order valence-electron chi connectivity index (χ4n) is 3.47. The van der Waals surface area contributed by atoms with Gasteiger partial charge in [-0.3, -0.25) is 0 Å². The molecular weight excluding hydrogens is 463 g/mol. The van der Waals surface area contributed by atoms with E-state index in [0.29, 0.717) is 10.0 Å². The van der Waals surface area contributed by atoms with Crippen molar-refractivity contribution in [2.75, 3.05) is 6.61 Å². The van der Waals surface area contributed by atoms with E-state index in [1.54, 1.807) is 24.3 Å². The summed E-state index contributed by atoms with van der Waals surface area (Å²) in [5.74, 6) is 0. The summed E-state index contributed by atoms with van der Waals surface area (Å²) in [6.45, 7) is 2.99. The molecule has 4 heteroatoms. The molecule has 0 aliphatic heterocycles. The molecule has 0 unspecified atom stereocenters. The van der Waals surface area contributed by atoms with Gasteiger partial charge in [-0.2, -0.15) is 0 Å². The second-order valence-electron chi connectivity index (χ2n) is 7.93. The lowest BCUT2D eigenvalue weighted by molar-refractivity contribution is 0.0778. The molecule has 0 saturated heterocycles. The van der Waals surface area contributed by atoms with Gasteiger partial charge in [-0.05, 0) is 52.9 Å². The van der Waals surface area contributed by atoms with E-state index in [1.807, 2.05) is 36.4 Å². The van der Waals surface area contributed by atoms with Crippen LogP contribution in [0, 0.1) is 0 Å². The lowest BCUT2D eigenvalue weighted by Crippen LogP contribution is -2.07. The SMILES string of the molecule is CCCCOC(c1ccccc1)c1ccccc1.OC(c1ccc(Cl)cc1)c1ccc(Cl)cc1. The first-order valence-corrected chi connectivity index (χ1v) is 12.2. The Kier molecular flexibility index (Phi) is 10.7. The standard InChI is InChI=1S/C17H20O.C13H10Cl2O/c1-2-3-14-18-17(15-10-6-4-7-11-15)16-12-8-5-9-13-16;14-11-5-1-9(2-6-11)13(16)10-3-7-12(15)8-4-10/h4-13,17H,2-3,14H2,1H3;1-8,13,16H. The summed E-state index contributed by atoms with van der Waals surface area (Å²) in [6, 6.07) is 35.1. The van der Waals surface area contributed by atoms with Gasteiger partial charge in [-0.15, -0.1) is 0 Å². The molecule has 0 atom stereocenters. The molecule has 0 saturated carbocycles. The van der Waals surface area contributed by atoms with Gasteiger partial charge >= 0.3 is 0 Å². The minimum atomic E-state index is -0.644. The zero-order valence-corrected chi connectivity index (χ0v) is 20.8. The Morgan fingerprint density at radius 2 is 1.03 bits per heavy atom.